The summed E-state index contributed by atoms with van der Waals surface area (Å²) < 4.78 is 35.3. The van der Waals surface area contributed by atoms with E-state index in [-0.39, 0.29) is 5.75 Å². The Morgan fingerprint density at radius 2 is 1.92 bits per heavy atom. The molecule has 0 aliphatic heterocycles. The summed E-state index contributed by atoms with van der Waals surface area (Å²) in [5.74, 6) is 0.453. The number of unbranched alkanes of at least 4 members (excludes halogenated alkanes) is 2. The zero-order chi connectivity index (χ0) is 10.3. The number of thioether (sulfide) groups is 1. The maximum Gasteiger partial charge on any atom is 0.415 e. The number of halogens is 3. The largest absolute Gasteiger partial charge is 0.415 e. The minimum Gasteiger partial charge on any atom is -0.383 e. The third-order valence-electron chi connectivity index (χ3n) is 1.55. The SMILES string of the molecule is CCCCCSCC(O)C(F)(F)F. The maximum absolute atomic E-state index is 11.8. The molecule has 0 bridgehead atoms. The van der Waals surface area contributed by atoms with Gasteiger partial charge in [0.15, 0.2) is 6.10 Å². The first-order valence-corrected chi connectivity index (χ1v) is 5.46. The van der Waals surface area contributed by atoms with Crippen molar-refractivity contribution >= 4 is 11.8 Å². The number of alkyl halides is 3. The Balaban J connectivity index is 3.32. The Bertz CT molecular complexity index is 127. The second-order valence-corrected chi connectivity index (χ2v) is 3.99. The van der Waals surface area contributed by atoms with E-state index < -0.39 is 12.3 Å². The molecule has 1 nitrogen and oxygen atoms in total. The minimum atomic E-state index is -4.46. The normalized spacial score (nSPS) is 14.5. The van der Waals surface area contributed by atoms with Gasteiger partial charge in [-0.15, -0.1) is 0 Å². The van der Waals surface area contributed by atoms with Crippen LogP contribution in [-0.2, 0) is 0 Å². The number of aliphatic hydroxyl groups is 1. The van der Waals surface area contributed by atoms with Crippen LogP contribution in [0.15, 0.2) is 0 Å². The van der Waals surface area contributed by atoms with Gasteiger partial charge in [0.25, 0.3) is 0 Å². The summed E-state index contributed by atoms with van der Waals surface area (Å²) >= 11 is 1.16. The lowest BCUT2D eigenvalue weighted by Crippen LogP contribution is -2.30. The summed E-state index contributed by atoms with van der Waals surface area (Å²) in [7, 11) is 0. The monoisotopic (exact) mass is 216 g/mol. The summed E-state index contributed by atoms with van der Waals surface area (Å²) in [4.78, 5) is 0. The molecule has 0 aliphatic rings. The van der Waals surface area contributed by atoms with Gasteiger partial charge in [0.1, 0.15) is 0 Å². The van der Waals surface area contributed by atoms with Crippen molar-refractivity contribution in [3.05, 3.63) is 0 Å². The van der Waals surface area contributed by atoms with E-state index in [4.69, 9.17) is 5.11 Å². The second kappa shape index (κ2) is 6.54. The van der Waals surface area contributed by atoms with Crippen LogP contribution >= 0.6 is 11.8 Å². The van der Waals surface area contributed by atoms with E-state index in [1.54, 1.807) is 0 Å². The van der Waals surface area contributed by atoms with Crippen LogP contribution in [0, 0.1) is 0 Å². The molecule has 0 aromatic heterocycles. The molecular weight excluding hydrogens is 201 g/mol. The van der Waals surface area contributed by atoms with Gasteiger partial charge < -0.3 is 5.11 Å². The lowest BCUT2D eigenvalue weighted by atomic mass is 10.3. The Labute approximate surface area is 80.7 Å². The fourth-order valence-corrected chi connectivity index (χ4v) is 1.73. The van der Waals surface area contributed by atoms with E-state index in [1.165, 1.54) is 0 Å². The van der Waals surface area contributed by atoms with Crippen molar-refractivity contribution in [3.8, 4) is 0 Å². The van der Waals surface area contributed by atoms with E-state index in [0.29, 0.717) is 5.75 Å². The molecule has 0 rings (SSSR count). The quantitative estimate of drug-likeness (QED) is 0.689. The molecule has 0 spiro atoms. The van der Waals surface area contributed by atoms with Crippen molar-refractivity contribution in [3.63, 3.8) is 0 Å². The number of hydrogen-bond acceptors (Lipinski definition) is 2. The van der Waals surface area contributed by atoms with Gasteiger partial charge in [-0.05, 0) is 12.2 Å². The molecule has 0 aromatic carbocycles. The zero-order valence-corrected chi connectivity index (χ0v) is 8.42. The summed E-state index contributed by atoms with van der Waals surface area (Å²) in [6.07, 6.45) is -3.61. The van der Waals surface area contributed by atoms with E-state index >= 15 is 0 Å². The molecule has 13 heavy (non-hydrogen) atoms. The first-order valence-electron chi connectivity index (χ1n) is 4.31. The summed E-state index contributed by atoms with van der Waals surface area (Å²) in [5, 5.41) is 8.60. The topological polar surface area (TPSA) is 20.2 Å². The first-order chi connectivity index (χ1) is 5.98. The molecule has 80 valence electrons. The van der Waals surface area contributed by atoms with Crippen LogP contribution in [0.2, 0.25) is 0 Å². The van der Waals surface area contributed by atoms with Crippen LogP contribution in [0.25, 0.3) is 0 Å². The highest BCUT2D eigenvalue weighted by atomic mass is 32.2. The van der Waals surface area contributed by atoms with Gasteiger partial charge in [0, 0.05) is 5.75 Å². The van der Waals surface area contributed by atoms with Crippen molar-refractivity contribution in [2.75, 3.05) is 11.5 Å². The number of aliphatic hydroxyl groups excluding tert-OH is 1. The van der Waals surface area contributed by atoms with Gasteiger partial charge in [-0.1, -0.05) is 19.8 Å². The molecule has 0 heterocycles. The first kappa shape index (κ1) is 13.1. The average molecular weight is 216 g/mol. The van der Waals surface area contributed by atoms with Crippen molar-refractivity contribution in [1.82, 2.24) is 0 Å². The summed E-state index contributed by atoms with van der Waals surface area (Å²) in [5.41, 5.74) is 0. The van der Waals surface area contributed by atoms with Crippen molar-refractivity contribution in [2.45, 2.75) is 38.5 Å². The maximum atomic E-state index is 11.8. The number of rotatable bonds is 6. The molecule has 0 aromatic rings. The lowest BCUT2D eigenvalue weighted by Gasteiger charge is -2.13. The van der Waals surface area contributed by atoms with Gasteiger partial charge >= 0.3 is 6.18 Å². The van der Waals surface area contributed by atoms with Gasteiger partial charge in [0.05, 0.1) is 0 Å². The Morgan fingerprint density at radius 1 is 1.31 bits per heavy atom. The second-order valence-electron chi connectivity index (χ2n) is 2.84. The van der Waals surface area contributed by atoms with Gasteiger partial charge in [-0.3, -0.25) is 0 Å². The predicted octanol–water partition coefficient (Wildman–Crippen LogP) is 2.83. The molecule has 1 unspecified atom stereocenters. The highest BCUT2D eigenvalue weighted by Crippen LogP contribution is 2.23. The molecule has 1 atom stereocenters. The highest BCUT2D eigenvalue weighted by molar-refractivity contribution is 7.99. The lowest BCUT2D eigenvalue weighted by molar-refractivity contribution is -0.195. The van der Waals surface area contributed by atoms with Gasteiger partial charge in [-0.25, -0.2) is 0 Å². The average Bonchev–Trinajstić information content (AvgIpc) is 2.02. The van der Waals surface area contributed by atoms with Crippen LogP contribution in [0.4, 0.5) is 13.2 Å². The Hall–Kier alpha value is 0.100. The third-order valence-corrected chi connectivity index (χ3v) is 2.67. The van der Waals surface area contributed by atoms with Gasteiger partial charge in [-0.2, -0.15) is 24.9 Å². The van der Waals surface area contributed by atoms with Crippen LogP contribution in [0.5, 0.6) is 0 Å². The molecule has 0 saturated heterocycles. The molecule has 1 N–H and O–H groups in total. The molecule has 0 radical (unpaired) electrons. The molecular formula is C8H15F3OS. The van der Waals surface area contributed by atoms with E-state index in [1.807, 2.05) is 6.92 Å². The predicted molar refractivity (Wildman–Crippen MR) is 48.9 cm³/mol. The third kappa shape index (κ3) is 7.19. The van der Waals surface area contributed by atoms with Crippen LogP contribution in [-0.4, -0.2) is 28.9 Å². The Morgan fingerprint density at radius 3 is 2.38 bits per heavy atom. The van der Waals surface area contributed by atoms with Crippen LogP contribution in [0.1, 0.15) is 26.2 Å². The fourth-order valence-electron chi connectivity index (χ4n) is 0.744. The summed E-state index contributed by atoms with van der Waals surface area (Å²) in [6.45, 7) is 2.04. The molecule has 0 amide bonds. The van der Waals surface area contributed by atoms with Gasteiger partial charge in [0.2, 0.25) is 0 Å². The number of hydrogen-bond donors (Lipinski definition) is 1. The van der Waals surface area contributed by atoms with Crippen LogP contribution < -0.4 is 0 Å². The molecule has 5 heteroatoms. The van der Waals surface area contributed by atoms with Crippen molar-refractivity contribution in [1.29, 1.82) is 0 Å². The van der Waals surface area contributed by atoms with E-state index in [9.17, 15) is 13.2 Å². The highest BCUT2D eigenvalue weighted by Gasteiger charge is 2.37. The smallest absolute Gasteiger partial charge is 0.383 e. The Kier molecular flexibility index (Phi) is 6.59. The van der Waals surface area contributed by atoms with E-state index in [2.05, 4.69) is 0 Å². The standard InChI is InChI=1S/C8H15F3OS/c1-2-3-4-5-13-6-7(12)8(9,10)11/h7,12H,2-6H2,1H3. The molecule has 0 aliphatic carbocycles. The summed E-state index contributed by atoms with van der Waals surface area (Å²) in [6, 6.07) is 0. The fraction of sp³-hybridized carbons (Fsp3) is 1.00. The van der Waals surface area contributed by atoms with Crippen LogP contribution in [0.3, 0.4) is 0 Å². The molecule has 0 fully saturated rings. The zero-order valence-electron chi connectivity index (χ0n) is 7.60. The van der Waals surface area contributed by atoms with E-state index in [0.717, 1.165) is 31.0 Å². The van der Waals surface area contributed by atoms with Crippen molar-refractivity contribution in [2.24, 2.45) is 0 Å². The minimum absolute atomic E-state index is 0.243. The van der Waals surface area contributed by atoms with Crippen molar-refractivity contribution < 1.29 is 18.3 Å². The molecule has 0 saturated carbocycles.